The Bertz CT molecular complexity index is 181. The molecule has 0 saturated carbocycles. The van der Waals surface area contributed by atoms with E-state index in [9.17, 15) is 4.79 Å². The van der Waals surface area contributed by atoms with Gasteiger partial charge >= 0.3 is 0 Å². The third-order valence-corrected chi connectivity index (χ3v) is 2.59. The molecular weight excluding hydrogens is 150 g/mol. The van der Waals surface area contributed by atoms with Gasteiger partial charge in [-0.2, -0.15) is 0 Å². The summed E-state index contributed by atoms with van der Waals surface area (Å²) in [4.78, 5) is 13.5. The Kier molecular flexibility index (Phi) is 2.45. The summed E-state index contributed by atoms with van der Waals surface area (Å²) in [5, 5.41) is 0. The molecule has 0 N–H and O–H groups in total. The molecule has 0 spiro atoms. The summed E-state index contributed by atoms with van der Waals surface area (Å²) in [6, 6.07) is 0. The normalized spacial score (nSPS) is 25.2. The number of carbonyl (C=O) groups is 1. The summed E-state index contributed by atoms with van der Waals surface area (Å²) in [6.07, 6.45) is 1.88. The van der Waals surface area contributed by atoms with Gasteiger partial charge in [-0.1, -0.05) is 13.3 Å². The lowest BCUT2D eigenvalue weighted by Gasteiger charge is -2.32. The van der Waals surface area contributed by atoms with Gasteiger partial charge in [0.25, 0.3) is 0 Å². The predicted molar refractivity (Wildman–Crippen MR) is 49.9 cm³/mol. The van der Waals surface area contributed by atoms with Crippen LogP contribution in [0.25, 0.3) is 0 Å². The van der Waals surface area contributed by atoms with Crippen molar-refractivity contribution >= 4 is 5.91 Å². The van der Waals surface area contributed by atoms with Crippen molar-refractivity contribution in [3.63, 3.8) is 0 Å². The Hall–Kier alpha value is -0.530. The highest BCUT2D eigenvalue weighted by Crippen LogP contribution is 2.26. The third kappa shape index (κ3) is 1.79. The highest BCUT2D eigenvalue weighted by atomic mass is 16.2. The van der Waals surface area contributed by atoms with Gasteiger partial charge in [-0.3, -0.25) is 4.79 Å². The van der Waals surface area contributed by atoms with Crippen molar-refractivity contribution in [2.75, 3.05) is 6.54 Å². The average Bonchev–Trinajstić information content (AvgIpc) is 2.29. The van der Waals surface area contributed by atoms with Crippen LogP contribution in [0.2, 0.25) is 0 Å². The van der Waals surface area contributed by atoms with Gasteiger partial charge in [-0.05, 0) is 26.7 Å². The van der Waals surface area contributed by atoms with Crippen LogP contribution in [0.5, 0.6) is 0 Å². The SMILES string of the molecule is CCC1CC(=O)N(C(C)(C)C)C1. The van der Waals surface area contributed by atoms with Crippen molar-refractivity contribution in [3.05, 3.63) is 0 Å². The quantitative estimate of drug-likeness (QED) is 0.588. The summed E-state index contributed by atoms with van der Waals surface area (Å²) < 4.78 is 0. The van der Waals surface area contributed by atoms with Crippen molar-refractivity contribution in [2.24, 2.45) is 5.92 Å². The van der Waals surface area contributed by atoms with E-state index < -0.39 is 0 Å². The maximum absolute atomic E-state index is 11.5. The summed E-state index contributed by atoms with van der Waals surface area (Å²) in [5.74, 6) is 0.922. The number of carbonyl (C=O) groups excluding carboxylic acids is 1. The minimum atomic E-state index is 0.0149. The first kappa shape index (κ1) is 9.56. The molecule has 0 aromatic heterocycles. The molecule has 2 nitrogen and oxygen atoms in total. The van der Waals surface area contributed by atoms with Crippen molar-refractivity contribution in [1.82, 2.24) is 4.90 Å². The summed E-state index contributed by atoms with van der Waals surface area (Å²) in [7, 11) is 0. The van der Waals surface area contributed by atoms with E-state index in [1.807, 2.05) is 4.90 Å². The molecule has 1 rings (SSSR count). The van der Waals surface area contributed by atoms with Crippen LogP contribution in [-0.4, -0.2) is 22.9 Å². The van der Waals surface area contributed by atoms with Crippen molar-refractivity contribution in [3.8, 4) is 0 Å². The second-order valence-corrected chi connectivity index (χ2v) is 4.65. The van der Waals surface area contributed by atoms with E-state index in [2.05, 4.69) is 27.7 Å². The molecule has 2 heteroatoms. The van der Waals surface area contributed by atoms with Crippen molar-refractivity contribution in [2.45, 2.75) is 46.1 Å². The summed E-state index contributed by atoms with van der Waals surface area (Å²) in [6.45, 7) is 9.41. The standard InChI is InChI=1S/C10H19NO/c1-5-8-6-9(12)11(7-8)10(2,3)4/h8H,5-7H2,1-4H3. The minimum absolute atomic E-state index is 0.0149. The molecule has 1 saturated heterocycles. The van der Waals surface area contributed by atoms with Crippen LogP contribution < -0.4 is 0 Å². The summed E-state index contributed by atoms with van der Waals surface area (Å²) >= 11 is 0. The number of rotatable bonds is 1. The number of hydrogen-bond acceptors (Lipinski definition) is 1. The van der Waals surface area contributed by atoms with Crippen LogP contribution in [0.3, 0.4) is 0 Å². The molecule has 70 valence electrons. The Morgan fingerprint density at radius 1 is 1.50 bits per heavy atom. The third-order valence-electron chi connectivity index (χ3n) is 2.59. The zero-order valence-electron chi connectivity index (χ0n) is 8.55. The largest absolute Gasteiger partial charge is 0.338 e. The molecule has 1 unspecified atom stereocenters. The van der Waals surface area contributed by atoms with Crippen LogP contribution in [0, 0.1) is 5.92 Å². The van der Waals surface area contributed by atoms with Gasteiger partial charge in [-0.25, -0.2) is 0 Å². The van der Waals surface area contributed by atoms with E-state index in [0.29, 0.717) is 11.8 Å². The Balaban J connectivity index is 2.64. The molecular formula is C10H19NO. The Morgan fingerprint density at radius 2 is 2.08 bits per heavy atom. The van der Waals surface area contributed by atoms with Crippen molar-refractivity contribution in [1.29, 1.82) is 0 Å². The van der Waals surface area contributed by atoms with Gasteiger partial charge in [0.1, 0.15) is 0 Å². The molecule has 1 aliphatic heterocycles. The second kappa shape index (κ2) is 3.08. The van der Waals surface area contributed by atoms with E-state index in [1.54, 1.807) is 0 Å². The monoisotopic (exact) mass is 169 g/mol. The Morgan fingerprint density at radius 3 is 2.33 bits per heavy atom. The highest BCUT2D eigenvalue weighted by Gasteiger charge is 2.34. The first-order valence-corrected chi connectivity index (χ1v) is 4.75. The van der Waals surface area contributed by atoms with Crippen LogP contribution in [0.1, 0.15) is 40.5 Å². The molecule has 1 amide bonds. The predicted octanol–water partition coefficient (Wildman–Crippen LogP) is 2.04. The van der Waals surface area contributed by atoms with Crippen molar-refractivity contribution < 1.29 is 4.79 Å². The maximum atomic E-state index is 11.5. The van der Waals surface area contributed by atoms with Gasteiger partial charge in [0.2, 0.25) is 5.91 Å². The molecule has 0 aromatic carbocycles. The van der Waals surface area contributed by atoms with Crippen LogP contribution in [-0.2, 0) is 4.79 Å². The topological polar surface area (TPSA) is 20.3 Å². The van der Waals surface area contributed by atoms with Gasteiger partial charge < -0.3 is 4.90 Å². The number of likely N-dealkylation sites (tertiary alicyclic amines) is 1. The smallest absolute Gasteiger partial charge is 0.223 e. The number of nitrogens with zero attached hydrogens (tertiary/aromatic N) is 1. The molecule has 0 aliphatic carbocycles. The van der Waals surface area contributed by atoms with Crippen LogP contribution >= 0.6 is 0 Å². The fraction of sp³-hybridized carbons (Fsp3) is 0.900. The molecule has 0 radical (unpaired) electrons. The van der Waals surface area contributed by atoms with Gasteiger partial charge in [0.05, 0.1) is 0 Å². The molecule has 0 bridgehead atoms. The average molecular weight is 169 g/mol. The lowest BCUT2D eigenvalue weighted by atomic mass is 10.1. The molecule has 0 aromatic rings. The van der Waals surface area contributed by atoms with E-state index in [-0.39, 0.29) is 5.54 Å². The van der Waals surface area contributed by atoms with E-state index in [4.69, 9.17) is 0 Å². The minimum Gasteiger partial charge on any atom is -0.338 e. The fourth-order valence-electron chi connectivity index (χ4n) is 1.70. The first-order valence-electron chi connectivity index (χ1n) is 4.75. The maximum Gasteiger partial charge on any atom is 0.223 e. The van der Waals surface area contributed by atoms with E-state index >= 15 is 0 Å². The lowest BCUT2D eigenvalue weighted by Crippen LogP contribution is -2.42. The highest BCUT2D eigenvalue weighted by molar-refractivity contribution is 5.79. The van der Waals surface area contributed by atoms with Crippen LogP contribution in [0.4, 0.5) is 0 Å². The zero-order valence-corrected chi connectivity index (χ0v) is 8.55. The van der Waals surface area contributed by atoms with Gasteiger partial charge in [0, 0.05) is 18.5 Å². The molecule has 1 aliphatic rings. The molecule has 1 atom stereocenters. The Labute approximate surface area is 74.9 Å². The summed E-state index contributed by atoms with van der Waals surface area (Å²) in [5.41, 5.74) is 0.0149. The number of hydrogen-bond donors (Lipinski definition) is 0. The second-order valence-electron chi connectivity index (χ2n) is 4.65. The fourth-order valence-corrected chi connectivity index (χ4v) is 1.70. The molecule has 1 heterocycles. The van der Waals surface area contributed by atoms with Gasteiger partial charge in [-0.15, -0.1) is 0 Å². The zero-order chi connectivity index (χ0) is 9.35. The van der Waals surface area contributed by atoms with Gasteiger partial charge in [0.15, 0.2) is 0 Å². The lowest BCUT2D eigenvalue weighted by molar-refractivity contribution is -0.131. The first-order chi connectivity index (χ1) is 5.45. The molecule has 1 fully saturated rings. The van der Waals surface area contributed by atoms with E-state index in [1.165, 1.54) is 0 Å². The van der Waals surface area contributed by atoms with Crippen LogP contribution in [0.15, 0.2) is 0 Å². The molecule has 12 heavy (non-hydrogen) atoms. The van der Waals surface area contributed by atoms with E-state index in [0.717, 1.165) is 19.4 Å². The number of amides is 1.